The average molecular weight is 443 g/mol. The number of furan rings is 1. The zero-order valence-electron chi connectivity index (χ0n) is 17.9. The summed E-state index contributed by atoms with van der Waals surface area (Å²) >= 11 is 0. The van der Waals surface area contributed by atoms with Crippen molar-refractivity contribution in [2.45, 2.75) is 25.3 Å². The molecule has 1 saturated heterocycles. The maximum absolute atomic E-state index is 13.2. The van der Waals surface area contributed by atoms with E-state index in [1.165, 1.54) is 4.31 Å². The number of fused-ring (bicyclic) bond motifs is 1. The Bertz CT molecular complexity index is 1220. The summed E-state index contributed by atoms with van der Waals surface area (Å²) in [5.41, 5.74) is 3.33. The lowest BCUT2D eigenvalue weighted by Crippen LogP contribution is -2.50. The van der Waals surface area contributed by atoms with E-state index in [1.54, 1.807) is 24.1 Å². The van der Waals surface area contributed by atoms with E-state index in [1.807, 2.05) is 44.2 Å². The van der Waals surface area contributed by atoms with Gasteiger partial charge >= 0.3 is 0 Å². The van der Waals surface area contributed by atoms with Crippen molar-refractivity contribution < 1.29 is 22.4 Å². The summed E-state index contributed by atoms with van der Waals surface area (Å²) in [5, 5.41) is 0.851. The molecule has 4 rings (SSSR count). The summed E-state index contributed by atoms with van der Waals surface area (Å²) in [6, 6.07) is 12.6. The van der Waals surface area contributed by atoms with Gasteiger partial charge in [0, 0.05) is 44.2 Å². The topological polar surface area (TPSA) is 80.1 Å². The smallest absolute Gasteiger partial charge is 0.290 e. The molecule has 0 bridgehead atoms. The van der Waals surface area contributed by atoms with E-state index >= 15 is 0 Å². The molecule has 0 radical (unpaired) electrons. The summed E-state index contributed by atoms with van der Waals surface area (Å²) in [6.45, 7) is 5.18. The van der Waals surface area contributed by atoms with Crippen molar-refractivity contribution in [3.63, 3.8) is 0 Å². The van der Waals surface area contributed by atoms with E-state index in [0.717, 1.165) is 16.5 Å². The third kappa shape index (κ3) is 3.98. The lowest BCUT2D eigenvalue weighted by atomic mass is 10.1. The van der Waals surface area contributed by atoms with Gasteiger partial charge in [-0.2, -0.15) is 4.31 Å². The Labute approximate surface area is 182 Å². The average Bonchev–Trinajstić information content (AvgIpc) is 3.14. The maximum Gasteiger partial charge on any atom is 0.290 e. The molecule has 2 heterocycles. The Morgan fingerprint density at radius 3 is 2.42 bits per heavy atom. The number of nitrogens with zero attached hydrogens (tertiary/aromatic N) is 2. The fourth-order valence-electron chi connectivity index (χ4n) is 3.86. The third-order valence-corrected chi connectivity index (χ3v) is 7.72. The third-order valence-electron chi connectivity index (χ3n) is 5.82. The van der Waals surface area contributed by atoms with Gasteiger partial charge in [0.05, 0.1) is 11.5 Å². The van der Waals surface area contributed by atoms with Crippen LogP contribution in [-0.2, 0) is 21.4 Å². The number of methoxy groups -OCH3 is 1. The van der Waals surface area contributed by atoms with Gasteiger partial charge in [-0.15, -0.1) is 0 Å². The standard InChI is InChI=1S/C23H26N2O5S/c1-16-8-9-18(14-17(16)2)31(27,28)25-12-10-24(11-13-25)23(26)22-20(15-29-3)19-6-4-5-7-21(19)30-22/h4-9,14H,10-13,15H2,1-3H3. The van der Waals surface area contributed by atoms with Crippen LogP contribution < -0.4 is 0 Å². The van der Waals surface area contributed by atoms with E-state index in [0.29, 0.717) is 24.2 Å². The number of amides is 1. The van der Waals surface area contributed by atoms with Gasteiger partial charge in [-0.05, 0) is 43.2 Å². The fraction of sp³-hybridized carbons (Fsp3) is 0.348. The molecule has 2 aromatic carbocycles. The van der Waals surface area contributed by atoms with E-state index in [-0.39, 0.29) is 36.3 Å². The van der Waals surface area contributed by atoms with Gasteiger partial charge in [0.1, 0.15) is 5.58 Å². The van der Waals surface area contributed by atoms with E-state index in [4.69, 9.17) is 9.15 Å². The second-order valence-electron chi connectivity index (χ2n) is 7.78. The minimum Gasteiger partial charge on any atom is -0.451 e. The summed E-state index contributed by atoms with van der Waals surface area (Å²) < 4.78 is 38.7. The SMILES string of the molecule is COCc1c(C(=O)N2CCN(S(=O)(=O)c3ccc(C)c(C)c3)CC2)oc2ccccc12. The Balaban J connectivity index is 1.52. The fourth-order valence-corrected chi connectivity index (χ4v) is 5.37. The molecule has 0 aliphatic carbocycles. The summed E-state index contributed by atoms with van der Waals surface area (Å²) in [7, 11) is -2.02. The van der Waals surface area contributed by atoms with Crippen LogP contribution in [0.4, 0.5) is 0 Å². The number of carbonyl (C=O) groups is 1. The van der Waals surface area contributed by atoms with Crippen molar-refractivity contribution in [1.29, 1.82) is 0 Å². The first kappa shape index (κ1) is 21.5. The molecule has 1 aromatic heterocycles. The normalized spacial score (nSPS) is 15.5. The molecule has 8 heteroatoms. The van der Waals surface area contributed by atoms with Gasteiger partial charge in [-0.3, -0.25) is 4.79 Å². The van der Waals surface area contributed by atoms with Crippen LogP contribution in [0.3, 0.4) is 0 Å². The van der Waals surface area contributed by atoms with E-state index < -0.39 is 10.0 Å². The molecule has 31 heavy (non-hydrogen) atoms. The predicted molar refractivity (Wildman–Crippen MR) is 118 cm³/mol. The van der Waals surface area contributed by atoms with Gasteiger partial charge < -0.3 is 14.1 Å². The van der Waals surface area contributed by atoms with Crippen LogP contribution in [0.5, 0.6) is 0 Å². The number of para-hydroxylation sites is 1. The maximum atomic E-state index is 13.2. The molecule has 0 N–H and O–H groups in total. The first-order chi connectivity index (χ1) is 14.8. The summed E-state index contributed by atoms with van der Waals surface area (Å²) in [6.07, 6.45) is 0. The molecule has 7 nitrogen and oxygen atoms in total. The highest BCUT2D eigenvalue weighted by molar-refractivity contribution is 7.89. The molecular weight excluding hydrogens is 416 g/mol. The monoisotopic (exact) mass is 442 g/mol. The van der Waals surface area contributed by atoms with Crippen molar-refractivity contribution in [1.82, 2.24) is 9.21 Å². The van der Waals surface area contributed by atoms with Gasteiger partial charge in [0.25, 0.3) is 5.91 Å². The molecule has 1 aliphatic rings. The van der Waals surface area contributed by atoms with Crippen LogP contribution in [0.25, 0.3) is 11.0 Å². The predicted octanol–water partition coefficient (Wildman–Crippen LogP) is 3.34. The largest absolute Gasteiger partial charge is 0.451 e. The van der Waals surface area contributed by atoms with Crippen LogP contribution >= 0.6 is 0 Å². The first-order valence-electron chi connectivity index (χ1n) is 10.2. The number of piperazine rings is 1. The van der Waals surface area contributed by atoms with Crippen molar-refractivity contribution in [3.05, 3.63) is 64.9 Å². The number of hydrogen-bond donors (Lipinski definition) is 0. The van der Waals surface area contributed by atoms with E-state index in [2.05, 4.69) is 0 Å². The summed E-state index contributed by atoms with van der Waals surface area (Å²) in [4.78, 5) is 15.1. The van der Waals surface area contributed by atoms with Gasteiger partial charge in [0.15, 0.2) is 5.76 Å². The van der Waals surface area contributed by atoms with Gasteiger partial charge in [0.2, 0.25) is 10.0 Å². The zero-order chi connectivity index (χ0) is 22.2. The number of carbonyl (C=O) groups excluding carboxylic acids is 1. The van der Waals surface area contributed by atoms with Gasteiger partial charge in [-0.25, -0.2) is 8.42 Å². The molecule has 1 amide bonds. The molecule has 1 fully saturated rings. The quantitative estimate of drug-likeness (QED) is 0.605. The Kier molecular flexibility index (Phi) is 5.88. The molecular formula is C23H26N2O5S. The number of aryl methyl sites for hydroxylation is 2. The lowest BCUT2D eigenvalue weighted by molar-refractivity contribution is 0.0662. The minimum absolute atomic E-state index is 0.237. The highest BCUT2D eigenvalue weighted by Gasteiger charge is 2.32. The summed E-state index contributed by atoms with van der Waals surface area (Å²) in [5.74, 6) is 0.0139. The van der Waals surface area contributed by atoms with Crippen LogP contribution in [0, 0.1) is 13.8 Å². The Morgan fingerprint density at radius 1 is 1.03 bits per heavy atom. The number of benzene rings is 2. The van der Waals surface area contributed by atoms with Crippen molar-refractivity contribution in [2.75, 3.05) is 33.3 Å². The van der Waals surface area contributed by atoms with Crippen LogP contribution in [-0.4, -0.2) is 56.8 Å². The number of rotatable bonds is 5. The lowest BCUT2D eigenvalue weighted by Gasteiger charge is -2.33. The molecule has 3 aromatic rings. The number of ether oxygens (including phenoxy) is 1. The molecule has 0 unspecified atom stereocenters. The van der Waals surface area contributed by atoms with Crippen molar-refractivity contribution >= 4 is 26.9 Å². The van der Waals surface area contributed by atoms with Crippen molar-refractivity contribution in [2.24, 2.45) is 0 Å². The molecule has 164 valence electrons. The van der Waals surface area contributed by atoms with Gasteiger partial charge in [-0.1, -0.05) is 24.3 Å². The van der Waals surface area contributed by atoms with Crippen LogP contribution in [0.2, 0.25) is 0 Å². The van der Waals surface area contributed by atoms with Crippen LogP contribution in [0.15, 0.2) is 51.8 Å². The van der Waals surface area contributed by atoms with Crippen LogP contribution in [0.1, 0.15) is 27.2 Å². The number of hydrogen-bond acceptors (Lipinski definition) is 5. The minimum atomic E-state index is -3.60. The Hall–Kier alpha value is -2.68. The molecule has 0 saturated carbocycles. The highest BCUT2D eigenvalue weighted by atomic mass is 32.2. The van der Waals surface area contributed by atoms with Crippen molar-refractivity contribution in [3.8, 4) is 0 Å². The second kappa shape index (κ2) is 8.45. The molecule has 0 atom stereocenters. The van der Waals surface area contributed by atoms with E-state index in [9.17, 15) is 13.2 Å². The number of sulfonamides is 1. The molecule has 0 spiro atoms. The first-order valence-corrected chi connectivity index (χ1v) is 11.6. The second-order valence-corrected chi connectivity index (χ2v) is 9.72. The zero-order valence-corrected chi connectivity index (χ0v) is 18.7. The molecule has 1 aliphatic heterocycles. The highest BCUT2D eigenvalue weighted by Crippen LogP contribution is 2.28. The Morgan fingerprint density at radius 2 is 1.74 bits per heavy atom.